The number of hydrogen-bond acceptors (Lipinski definition) is 1. The summed E-state index contributed by atoms with van der Waals surface area (Å²) in [5.74, 6) is 1.12. The summed E-state index contributed by atoms with van der Waals surface area (Å²) in [5, 5.41) is 3.89. The summed E-state index contributed by atoms with van der Waals surface area (Å²) >= 11 is 0. The molecule has 0 unspecified atom stereocenters. The fourth-order valence-corrected chi connectivity index (χ4v) is 3.42. The maximum atomic E-state index is 3.89. The Hall–Kier alpha value is -0.0400. The standard InChI is InChI=1S/C14H25N/c1-2-4-6-13(5-3-1)15-11-14(9-10-14)12-7-8-12/h12-13,15H,1-11H2. The summed E-state index contributed by atoms with van der Waals surface area (Å²) in [4.78, 5) is 0. The van der Waals surface area contributed by atoms with E-state index in [4.69, 9.17) is 0 Å². The summed E-state index contributed by atoms with van der Waals surface area (Å²) in [7, 11) is 0. The zero-order valence-electron chi connectivity index (χ0n) is 9.93. The molecule has 0 spiro atoms. The molecule has 3 aliphatic carbocycles. The lowest BCUT2D eigenvalue weighted by molar-refractivity contribution is 0.355. The van der Waals surface area contributed by atoms with Gasteiger partial charge in [0.25, 0.3) is 0 Å². The molecular weight excluding hydrogens is 182 g/mol. The second-order valence-electron chi connectivity index (χ2n) is 6.21. The van der Waals surface area contributed by atoms with Crippen LogP contribution < -0.4 is 5.32 Å². The van der Waals surface area contributed by atoms with Crippen molar-refractivity contribution >= 4 is 0 Å². The van der Waals surface area contributed by atoms with Gasteiger partial charge in [-0.15, -0.1) is 0 Å². The van der Waals surface area contributed by atoms with Gasteiger partial charge in [-0.25, -0.2) is 0 Å². The van der Waals surface area contributed by atoms with Gasteiger partial charge in [-0.05, 0) is 49.9 Å². The van der Waals surface area contributed by atoms with Gasteiger partial charge in [-0.3, -0.25) is 0 Å². The zero-order chi connectivity index (χ0) is 10.1. The average molecular weight is 207 g/mol. The molecule has 1 heteroatoms. The van der Waals surface area contributed by atoms with Crippen LogP contribution in [0.3, 0.4) is 0 Å². The Bertz CT molecular complexity index is 207. The van der Waals surface area contributed by atoms with Gasteiger partial charge in [0.15, 0.2) is 0 Å². The second-order valence-corrected chi connectivity index (χ2v) is 6.21. The molecule has 0 aliphatic heterocycles. The second kappa shape index (κ2) is 4.08. The van der Waals surface area contributed by atoms with Gasteiger partial charge in [-0.1, -0.05) is 25.7 Å². The first kappa shape index (κ1) is 10.1. The van der Waals surface area contributed by atoms with Crippen LogP contribution in [0.2, 0.25) is 0 Å². The van der Waals surface area contributed by atoms with Crippen molar-refractivity contribution in [1.82, 2.24) is 5.32 Å². The van der Waals surface area contributed by atoms with Crippen molar-refractivity contribution in [3.63, 3.8) is 0 Å². The summed E-state index contributed by atoms with van der Waals surface area (Å²) in [6.07, 6.45) is 14.9. The fourth-order valence-electron chi connectivity index (χ4n) is 3.42. The van der Waals surface area contributed by atoms with Crippen molar-refractivity contribution in [3.8, 4) is 0 Å². The fraction of sp³-hybridized carbons (Fsp3) is 1.00. The smallest absolute Gasteiger partial charge is 0.00672 e. The minimum Gasteiger partial charge on any atom is -0.313 e. The highest BCUT2D eigenvalue weighted by Gasteiger charge is 2.53. The van der Waals surface area contributed by atoms with E-state index in [1.165, 1.54) is 70.8 Å². The molecule has 0 saturated heterocycles. The number of hydrogen-bond donors (Lipinski definition) is 1. The maximum Gasteiger partial charge on any atom is 0.00672 e. The van der Waals surface area contributed by atoms with Crippen LogP contribution in [0.15, 0.2) is 0 Å². The molecule has 15 heavy (non-hydrogen) atoms. The lowest BCUT2D eigenvalue weighted by Gasteiger charge is -2.21. The SMILES string of the molecule is C1CCCC(NCC2(C3CC3)CC2)CC1. The first-order valence-electron chi connectivity index (χ1n) is 7.12. The summed E-state index contributed by atoms with van der Waals surface area (Å²) in [5.41, 5.74) is 0.798. The third-order valence-corrected chi connectivity index (χ3v) is 4.93. The molecule has 3 fully saturated rings. The van der Waals surface area contributed by atoms with Crippen molar-refractivity contribution in [3.05, 3.63) is 0 Å². The zero-order valence-corrected chi connectivity index (χ0v) is 9.93. The van der Waals surface area contributed by atoms with Gasteiger partial charge in [-0.2, -0.15) is 0 Å². The molecule has 86 valence electrons. The molecule has 0 aromatic carbocycles. The molecule has 1 nitrogen and oxygen atoms in total. The van der Waals surface area contributed by atoms with Gasteiger partial charge in [0.1, 0.15) is 0 Å². The van der Waals surface area contributed by atoms with Crippen molar-refractivity contribution < 1.29 is 0 Å². The van der Waals surface area contributed by atoms with Crippen LogP contribution in [0.1, 0.15) is 64.2 Å². The predicted molar refractivity (Wildman–Crippen MR) is 63.9 cm³/mol. The maximum absolute atomic E-state index is 3.89. The molecule has 0 radical (unpaired) electrons. The van der Waals surface area contributed by atoms with Crippen LogP contribution in [-0.2, 0) is 0 Å². The summed E-state index contributed by atoms with van der Waals surface area (Å²) in [6, 6.07) is 0.865. The van der Waals surface area contributed by atoms with E-state index in [2.05, 4.69) is 5.32 Å². The molecule has 0 heterocycles. The molecule has 0 bridgehead atoms. The van der Waals surface area contributed by atoms with E-state index in [-0.39, 0.29) is 0 Å². The molecule has 0 amide bonds. The Labute approximate surface area is 94.0 Å². The largest absolute Gasteiger partial charge is 0.313 e. The Balaban J connectivity index is 1.44. The van der Waals surface area contributed by atoms with Crippen molar-refractivity contribution in [1.29, 1.82) is 0 Å². The van der Waals surface area contributed by atoms with Crippen molar-refractivity contribution in [2.45, 2.75) is 70.3 Å². The van der Waals surface area contributed by atoms with Gasteiger partial charge in [0, 0.05) is 12.6 Å². The van der Waals surface area contributed by atoms with E-state index < -0.39 is 0 Å². The minimum absolute atomic E-state index is 0.798. The van der Waals surface area contributed by atoms with Crippen LogP contribution >= 0.6 is 0 Å². The monoisotopic (exact) mass is 207 g/mol. The van der Waals surface area contributed by atoms with Crippen LogP contribution in [0.25, 0.3) is 0 Å². The van der Waals surface area contributed by atoms with Crippen LogP contribution in [0, 0.1) is 11.3 Å². The highest BCUT2D eigenvalue weighted by molar-refractivity contribution is 5.05. The summed E-state index contributed by atoms with van der Waals surface area (Å²) < 4.78 is 0. The predicted octanol–water partition coefficient (Wildman–Crippen LogP) is 3.49. The van der Waals surface area contributed by atoms with E-state index in [1.54, 1.807) is 0 Å². The molecule has 0 atom stereocenters. The van der Waals surface area contributed by atoms with Gasteiger partial charge >= 0.3 is 0 Å². The molecular formula is C14H25N. The van der Waals surface area contributed by atoms with Crippen LogP contribution in [0.5, 0.6) is 0 Å². The van der Waals surface area contributed by atoms with Crippen molar-refractivity contribution in [2.75, 3.05) is 6.54 Å². The first-order chi connectivity index (χ1) is 7.39. The van der Waals surface area contributed by atoms with Gasteiger partial charge in [0.05, 0.1) is 0 Å². The molecule has 1 N–H and O–H groups in total. The quantitative estimate of drug-likeness (QED) is 0.696. The van der Waals surface area contributed by atoms with Gasteiger partial charge in [0.2, 0.25) is 0 Å². The molecule has 3 saturated carbocycles. The topological polar surface area (TPSA) is 12.0 Å². The third-order valence-electron chi connectivity index (χ3n) is 4.93. The summed E-state index contributed by atoms with van der Waals surface area (Å²) in [6.45, 7) is 1.35. The minimum atomic E-state index is 0.798. The van der Waals surface area contributed by atoms with Crippen LogP contribution in [-0.4, -0.2) is 12.6 Å². The molecule has 3 aliphatic rings. The Morgan fingerprint density at radius 3 is 2.07 bits per heavy atom. The third kappa shape index (κ3) is 2.38. The van der Waals surface area contributed by atoms with E-state index in [1.807, 2.05) is 0 Å². The Kier molecular flexibility index (Phi) is 2.76. The van der Waals surface area contributed by atoms with E-state index in [9.17, 15) is 0 Å². The van der Waals surface area contributed by atoms with Gasteiger partial charge < -0.3 is 5.32 Å². The number of rotatable bonds is 4. The Morgan fingerprint density at radius 1 is 0.867 bits per heavy atom. The van der Waals surface area contributed by atoms with E-state index in [0.29, 0.717) is 0 Å². The lowest BCUT2D eigenvalue weighted by Crippen LogP contribution is -2.34. The Morgan fingerprint density at radius 2 is 1.53 bits per heavy atom. The normalized spacial score (nSPS) is 31.2. The van der Waals surface area contributed by atoms with E-state index >= 15 is 0 Å². The first-order valence-corrected chi connectivity index (χ1v) is 7.12. The van der Waals surface area contributed by atoms with Crippen molar-refractivity contribution in [2.24, 2.45) is 11.3 Å². The molecule has 0 aromatic rings. The number of nitrogens with one attached hydrogen (secondary N) is 1. The highest BCUT2D eigenvalue weighted by atomic mass is 14.9. The van der Waals surface area contributed by atoms with E-state index in [0.717, 1.165) is 17.4 Å². The highest BCUT2D eigenvalue weighted by Crippen LogP contribution is 2.60. The molecule has 0 aromatic heterocycles. The van der Waals surface area contributed by atoms with Crippen LogP contribution in [0.4, 0.5) is 0 Å². The lowest BCUT2D eigenvalue weighted by atomic mass is 9.99. The molecule has 3 rings (SSSR count). The average Bonchev–Trinajstić information content (AvgIpc) is 3.08.